The van der Waals surface area contributed by atoms with Gasteiger partial charge in [-0.1, -0.05) is 36.3 Å². The smallest absolute Gasteiger partial charge is 0.238 e. The van der Waals surface area contributed by atoms with E-state index in [9.17, 15) is 4.79 Å². The highest BCUT2D eigenvalue weighted by atomic mass is 16.7. The van der Waals surface area contributed by atoms with E-state index in [1.54, 1.807) is 30.4 Å². The second kappa shape index (κ2) is 8.56. The molecule has 156 valence electrons. The fourth-order valence-electron chi connectivity index (χ4n) is 3.29. The number of nitrogens with zero attached hydrogens (tertiary/aromatic N) is 3. The standard InChI is InChI=1S/C24H22N4O3/c1-24(31-16-30-3,19-7-5-4-6-8-19)10-9-22(29)21-14-26-23-20(21)11-17(12-25-23)18-13-27-28(2)15-18/h4-8,11-15H,16H2,1-3H3,(H,25,26). The van der Waals surface area contributed by atoms with Gasteiger partial charge in [0.15, 0.2) is 5.60 Å². The number of methoxy groups -OCH3 is 1. The number of pyridine rings is 1. The van der Waals surface area contributed by atoms with Gasteiger partial charge >= 0.3 is 0 Å². The van der Waals surface area contributed by atoms with Crippen molar-refractivity contribution in [1.82, 2.24) is 19.7 Å². The molecule has 1 unspecified atom stereocenters. The molecule has 0 amide bonds. The maximum atomic E-state index is 13.0. The first kappa shape index (κ1) is 20.5. The van der Waals surface area contributed by atoms with Crippen molar-refractivity contribution in [2.75, 3.05) is 13.9 Å². The molecule has 3 aromatic heterocycles. The Morgan fingerprint density at radius 3 is 2.74 bits per heavy atom. The minimum absolute atomic E-state index is 0.0553. The zero-order chi connectivity index (χ0) is 21.8. The minimum atomic E-state index is -0.988. The maximum absolute atomic E-state index is 13.0. The van der Waals surface area contributed by atoms with Gasteiger partial charge in [-0.05, 0) is 24.5 Å². The first-order valence-corrected chi connectivity index (χ1v) is 9.72. The van der Waals surface area contributed by atoms with Crippen LogP contribution in [0.2, 0.25) is 0 Å². The summed E-state index contributed by atoms with van der Waals surface area (Å²) in [4.78, 5) is 20.5. The van der Waals surface area contributed by atoms with Gasteiger partial charge in [0.25, 0.3) is 0 Å². The zero-order valence-electron chi connectivity index (χ0n) is 17.5. The molecule has 0 saturated carbocycles. The lowest BCUT2D eigenvalue weighted by Crippen LogP contribution is -2.25. The molecule has 1 aromatic carbocycles. The first-order valence-electron chi connectivity index (χ1n) is 9.72. The maximum Gasteiger partial charge on any atom is 0.238 e. The Bertz CT molecular complexity index is 1280. The van der Waals surface area contributed by atoms with E-state index >= 15 is 0 Å². The SMILES string of the molecule is COCOC(C)(C#CC(=O)c1c[nH]c2ncc(-c3cnn(C)c3)cc12)c1ccccc1. The molecule has 1 N–H and O–H groups in total. The topological polar surface area (TPSA) is 82.0 Å². The number of carbonyl (C=O) groups is 1. The third-order valence-electron chi connectivity index (χ3n) is 5.02. The fourth-order valence-corrected chi connectivity index (χ4v) is 3.29. The highest BCUT2D eigenvalue weighted by Crippen LogP contribution is 2.26. The number of ketones is 1. The number of nitrogens with one attached hydrogen (secondary N) is 1. The Labute approximate surface area is 180 Å². The third kappa shape index (κ3) is 4.26. The number of aromatic nitrogens is 4. The van der Waals surface area contributed by atoms with Crippen LogP contribution in [0.3, 0.4) is 0 Å². The lowest BCUT2D eigenvalue weighted by molar-refractivity contribution is -0.0990. The molecule has 1 atom stereocenters. The predicted molar refractivity (Wildman–Crippen MR) is 117 cm³/mol. The number of hydrogen-bond donors (Lipinski definition) is 1. The largest absolute Gasteiger partial charge is 0.359 e. The predicted octanol–water partition coefficient (Wildman–Crippen LogP) is 3.69. The lowest BCUT2D eigenvalue weighted by Gasteiger charge is -2.24. The molecule has 7 heteroatoms. The fraction of sp³-hybridized carbons (Fsp3) is 0.208. The van der Waals surface area contributed by atoms with Crippen LogP contribution < -0.4 is 0 Å². The quantitative estimate of drug-likeness (QED) is 0.225. The first-order chi connectivity index (χ1) is 15.0. The number of fused-ring (bicyclic) bond motifs is 1. The van der Waals surface area contributed by atoms with Crippen LogP contribution in [0.15, 0.2) is 61.2 Å². The number of Topliss-reactive ketones (excluding diaryl/α,β-unsaturated/α-hetero) is 1. The number of ether oxygens (including phenoxy) is 2. The van der Waals surface area contributed by atoms with E-state index in [0.717, 1.165) is 16.7 Å². The highest BCUT2D eigenvalue weighted by Gasteiger charge is 2.25. The summed E-state index contributed by atoms with van der Waals surface area (Å²) < 4.78 is 12.6. The number of rotatable bonds is 6. The van der Waals surface area contributed by atoms with Crippen LogP contribution in [-0.4, -0.2) is 39.4 Å². The number of carbonyl (C=O) groups excluding carboxylic acids is 1. The second-order valence-electron chi connectivity index (χ2n) is 7.25. The Hall–Kier alpha value is -3.73. The monoisotopic (exact) mass is 414 g/mol. The van der Waals surface area contributed by atoms with E-state index in [1.165, 1.54) is 0 Å². The lowest BCUT2D eigenvalue weighted by atomic mass is 9.96. The number of aryl methyl sites for hydroxylation is 1. The van der Waals surface area contributed by atoms with E-state index in [1.807, 2.05) is 56.6 Å². The van der Waals surface area contributed by atoms with Gasteiger partial charge in [-0.3, -0.25) is 9.48 Å². The minimum Gasteiger partial charge on any atom is -0.359 e. The highest BCUT2D eigenvalue weighted by molar-refractivity contribution is 6.16. The van der Waals surface area contributed by atoms with E-state index < -0.39 is 5.60 Å². The molecule has 0 spiro atoms. The van der Waals surface area contributed by atoms with Crippen LogP contribution in [0.1, 0.15) is 22.8 Å². The van der Waals surface area contributed by atoms with Crippen molar-refractivity contribution in [2.24, 2.45) is 7.05 Å². The molecule has 0 bridgehead atoms. The van der Waals surface area contributed by atoms with E-state index in [2.05, 4.69) is 26.9 Å². The number of benzene rings is 1. The van der Waals surface area contributed by atoms with Gasteiger partial charge in [-0.2, -0.15) is 5.10 Å². The molecular formula is C24H22N4O3. The molecule has 4 rings (SSSR count). The molecule has 0 aliphatic heterocycles. The van der Waals surface area contributed by atoms with Gasteiger partial charge in [0.1, 0.15) is 12.4 Å². The number of H-pyrrole nitrogens is 1. The summed E-state index contributed by atoms with van der Waals surface area (Å²) in [5, 5.41) is 4.90. The van der Waals surface area contributed by atoms with Crippen molar-refractivity contribution in [3.05, 3.63) is 72.3 Å². The summed E-state index contributed by atoms with van der Waals surface area (Å²) in [5.74, 6) is 5.44. The van der Waals surface area contributed by atoms with Crippen LogP contribution >= 0.6 is 0 Å². The van der Waals surface area contributed by atoms with Gasteiger partial charge in [0.2, 0.25) is 5.78 Å². The van der Waals surface area contributed by atoms with Crippen molar-refractivity contribution < 1.29 is 14.3 Å². The van der Waals surface area contributed by atoms with Crippen molar-refractivity contribution in [2.45, 2.75) is 12.5 Å². The Balaban J connectivity index is 1.69. The second-order valence-corrected chi connectivity index (χ2v) is 7.25. The zero-order valence-corrected chi connectivity index (χ0v) is 17.5. The summed E-state index contributed by atoms with van der Waals surface area (Å²) in [6.07, 6.45) is 7.04. The molecule has 0 fully saturated rings. The van der Waals surface area contributed by atoms with E-state index in [4.69, 9.17) is 9.47 Å². The van der Waals surface area contributed by atoms with Crippen LogP contribution in [-0.2, 0) is 22.1 Å². The van der Waals surface area contributed by atoms with E-state index in [-0.39, 0.29) is 12.6 Å². The van der Waals surface area contributed by atoms with Gasteiger partial charge in [-0.25, -0.2) is 4.98 Å². The Kier molecular flexibility index (Phi) is 5.67. The van der Waals surface area contributed by atoms with Gasteiger partial charge < -0.3 is 14.5 Å². The molecule has 3 heterocycles. The summed E-state index contributed by atoms with van der Waals surface area (Å²) in [7, 11) is 3.40. The molecule has 7 nitrogen and oxygen atoms in total. The van der Waals surface area contributed by atoms with Gasteiger partial charge in [0.05, 0.1) is 11.8 Å². The number of hydrogen-bond acceptors (Lipinski definition) is 5. The molecule has 0 saturated heterocycles. The van der Waals surface area contributed by atoms with Crippen LogP contribution in [0.25, 0.3) is 22.2 Å². The average Bonchev–Trinajstić information content (AvgIpc) is 3.42. The van der Waals surface area contributed by atoms with Crippen molar-refractivity contribution in [3.8, 4) is 23.0 Å². The summed E-state index contributed by atoms with van der Waals surface area (Å²) in [6.45, 7) is 1.87. The summed E-state index contributed by atoms with van der Waals surface area (Å²) in [6, 6.07) is 11.5. The van der Waals surface area contributed by atoms with Crippen molar-refractivity contribution in [3.63, 3.8) is 0 Å². The van der Waals surface area contributed by atoms with Crippen LogP contribution in [0.5, 0.6) is 0 Å². The van der Waals surface area contributed by atoms with E-state index in [0.29, 0.717) is 16.6 Å². The Morgan fingerprint density at radius 1 is 1.23 bits per heavy atom. The number of aromatic amines is 1. The Morgan fingerprint density at radius 2 is 2.03 bits per heavy atom. The van der Waals surface area contributed by atoms with Crippen molar-refractivity contribution >= 4 is 16.8 Å². The van der Waals surface area contributed by atoms with Gasteiger partial charge in [0, 0.05) is 49.3 Å². The van der Waals surface area contributed by atoms with Crippen molar-refractivity contribution in [1.29, 1.82) is 0 Å². The summed E-state index contributed by atoms with van der Waals surface area (Å²) >= 11 is 0. The van der Waals surface area contributed by atoms with Crippen LogP contribution in [0.4, 0.5) is 0 Å². The summed E-state index contributed by atoms with van der Waals surface area (Å²) in [5.41, 5.74) is 2.74. The molecule has 0 aliphatic rings. The molecule has 0 radical (unpaired) electrons. The molecule has 4 aromatic rings. The molecule has 31 heavy (non-hydrogen) atoms. The van der Waals surface area contributed by atoms with Crippen LogP contribution in [0, 0.1) is 11.8 Å². The average molecular weight is 414 g/mol. The normalized spacial score (nSPS) is 12.9. The van der Waals surface area contributed by atoms with Gasteiger partial charge in [-0.15, -0.1) is 0 Å². The molecule has 0 aliphatic carbocycles. The molecular weight excluding hydrogens is 392 g/mol. The third-order valence-corrected chi connectivity index (χ3v) is 5.02.